The standard InChI is InChI=1S/C15H18N4O3/c1-9(2)6-8-17-14(21)11-12(20)15(22)19-13(18-11)10-5-3-4-7-16-10/h3-5,7,9,20H,6,8H2,1-2H3,(H,17,21)(H,18,19,22). The summed E-state index contributed by atoms with van der Waals surface area (Å²) in [6.45, 7) is 4.54. The van der Waals surface area contributed by atoms with Gasteiger partial charge >= 0.3 is 0 Å². The van der Waals surface area contributed by atoms with Crippen LogP contribution in [0, 0.1) is 5.92 Å². The molecule has 3 N–H and O–H groups in total. The van der Waals surface area contributed by atoms with E-state index in [9.17, 15) is 15.0 Å². The van der Waals surface area contributed by atoms with Crippen LogP contribution >= 0.6 is 0 Å². The predicted octanol–water partition coefficient (Wildman–Crippen LogP) is 1.73. The maximum absolute atomic E-state index is 12.1. The minimum absolute atomic E-state index is 0.0740. The number of carbonyl (C=O) groups excluding carboxylic acids is 1. The van der Waals surface area contributed by atoms with Crippen LogP contribution in [0.2, 0.25) is 0 Å². The van der Waals surface area contributed by atoms with Gasteiger partial charge in [-0.3, -0.25) is 9.78 Å². The smallest absolute Gasteiger partial charge is 0.274 e. The fraction of sp³-hybridized carbons (Fsp3) is 0.333. The van der Waals surface area contributed by atoms with Gasteiger partial charge in [-0.25, -0.2) is 4.98 Å². The lowest BCUT2D eigenvalue weighted by Crippen LogP contribution is -2.26. The van der Waals surface area contributed by atoms with E-state index in [1.807, 2.05) is 13.8 Å². The number of aromatic hydroxyl groups is 2. The van der Waals surface area contributed by atoms with Crippen LogP contribution < -0.4 is 5.32 Å². The van der Waals surface area contributed by atoms with E-state index >= 15 is 0 Å². The molecular formula is C15H18N4O3. The van der Waals surface area contributed by atoms with Crippen LogP contribution in [0.25, 0.3) is 11.5 Å². The first-order valence-corrected chi connectivity index (χ1v) is 6.98. The van der Waals surface area contributed by atoms with E-state index in [0.717, 1.165) is 6.42 Å². The Morgan fingerprint density at radius 3 is 2.68 bits per heavy atom. The first-order valence-electron chi connectivity index (χ1n) is 6.98. The third-order valence-electron chi connectivity index (χ3n) is 2.98. The summed E-state index contributed by atoms with van der Waals surface area (Å²) < 4.78 is 0. The topological polar surface area (TPSA) is 108 Å². The van der Waals surface area contributed by atoms with Crippen LogP contribution in [-0.4, -0.2) is 37.6 Å². The maximum Gasteiger partial charge on any atom is 0.274 e. The van der Waals surface area contributed by atoms with E-state index in [-0.39, 0.29) is 11.5 Å². The summed E-state index contributed by atoms with van der Waals surface area (Å²) in [7, 11) is 0. The first-order chi connectivity index (χ1) is 10.5. The Labute approximate surface area is 128 Å². The minimum atomic E-state index is -0.648. The van der Waals surface area contributed by atoms with Crippen molar-refractivity contribution in [2.75, 3.05) is 6.54 Å². The number of hydrogen-bond donors (Lipinski definition) is 3. The third kappa shape index (κ3) is 3.69. The van der Waals surface area contributed by atoms with E-state index in [1.54, 1.807) is 24.4 Å². The summed E-state index contributed by atoms with van der Waals surface area (Å²) in [4.78, 5) is 23.9. The molecule has 0 aliphatic heterocycles. The molecule has 2 heterocycles. The SMILES string of the molecule is CC(C)CCNC(=O)c1nc(-c2ccccn2)nc(O)c1O. The number of nitrogens with one attached hydrogen (secondary N) is 1. The Kier molecular flexibility index (Phi) is 4.88. The van der Waals surface area contributed by atoms with Crippen molar-refractivity contribution >= 4 is 5.91 Å². The number of hydrogen-bond acceptors (Lipinski definition) is 6. The monoisotopic (exact) mass is 302 g/mol. The zero-order valence-electron chi connectivity index (χ0n) is 12.4. The van der Waals surface area contributed by atoms with Gasteiger partial charge in [0.1, 0.15) is 5.69 Å². The minimum Gasteiger partial charge on any atom is -0.501 e. The average molecular weight is 302 g/mol. The van der Waals surface area contributed by atoms with Gasteiger partial charge in [-0.2, -0.15) is 4.98 Å². The molecule has 0 saturated carbocycles. The Morgan fingerprint density at radius 1 is 1.27 bits per heavy atom. The number of aromatic nitrogens is 3. The van der Waals surface area contributed by atoms with Crippen molar-refractivity contribution in [2.45, 2.75) is 20.3 Å². The van der Waals surface area contributed by atoms with E-state index in [0.29, 0.717) is 18.2 Å². The second-order valence-electron chi connectivity index (χ2n) is 5.22. The molecule has 0 radical (unpaired) electrons. The molecule has 7 heteroatoms. The van der Waals surface area contributed by atoms with Crippen LogP contribution in [0.3, 0.4) is 0 Å². The molecule has 0 bridgehead atoms. The summed E-state index contributed by atoms with van der Waals surface area (Å²) in [5.41, 5.74) is 0.130. The number of nitrogens with zero attached hydrogens (tertiary/aromatic N) is 3. The van der Waals surface area contributed by atoms with Crippen molar-refractivity contribution in [3.8, 4) is 23.1 Å². The fourth-order valence-corrected chi connectivity index (χ4v) is 1.77. The molecule has 116 valence electrons. The molecular weight excluding hydrogens is 284 g/mol. The molecule has 0 fully saturated rings. The van der Waals surface area contributed by atoms with Crippen molar-refractivity contribution in [1.82, 2.24) is 20.3 Å². The number of rotatable bonds is 5. The summed E-state index contributed by atoms with van der Waals surface area (Å²) in [6, 6.07) is 5.10. The highest BCUT2D eigenvalue weighted by molar-refractivity contribution is 5.95. The van der Waals surface area contributed by atoms with Crippen LogP contribution in [0.5, 0.6) is 11.6 Å². The van der Waals surface area contributed by atoms with Gasteiger partial charge < -0.3 is 15.5 Å². The molecule has 0 aliphatic rings. The largest absolute Gasteiger partial charge is 0.501 e. The Bertz CT molecular complexity index is 659. The third-order valence-corrected chi connectivity index (χ3v) is 2.98. The molecule has 0 atom stereocenters. The lowest BCUT2D eigenvalue weighted by atomic mass is 10.1. The van der Waals surface area contributed by atoms with Crippen molar-refractivity contribution in [3.05, 3.63) is 30.1 Å². The summed E-state index contributed by atoms with van der Waals surface area (Å²) in [5.74, 6) is -1.33. The van der Waals surface area contributed by atoms with Crippen molar-refractivity contribution in [2.24, 2.45) is 5.92 Å². The molecule has 0 aromatic carbocycles. The average Bonchev–Trinajstić information content (AvgIpc) is 2.50. The zero-order valence-corrected chi connectivity index (χ0v) is 12.4. The summed E-state index contributed by atoms with van der Waals surface area (Å²) in [5, 5.41) is 22.1. The Balaban J connectivity index is 2.27. The molecule has 2 aromatic heterocycles. The van der Waals surface area contributed by atoms with Gasteiger partial charge in [-0.15, -0.1) is 0 Å². The van der Waals surface area contributed by atoms with Gasteiger partial charge in [0, 0.05) is 12.7 Å². The Morgan fingerprint density at radius 2 is 2.05 bits per heavy atom. The van der Waals surface area contributed by atoms with Gasteiger partial charge in [0.15, 0.2) is 11.5 Å². The molecule has 0 aliphatic carbocycles. The molecule has 0 spiro atoms. The van der Waals surface area contributed by atoms with Gasteiger partial charge in [0.2, 0.25) is 5.75 Å². The Hall–Kier alpha value is -2.70. The van der Waals surface area contributed by atoms with Crippen LogP contribution in [-0.2, 0) is 0 Å². The highest BCUT2D eigenvalue weighted by Gasteiger charge is 2.20. The van der Waals surface area contributed by atoms with E-state index in [4.69, 9.17) is 0 Å². The highest BCUT2D eigenvalue weighted by atomic mass is 16.3. The van der Waals surface area contributed by atoms with Crippen LogP contribution in [0.4, 0.5) is 0 Å². The molecule has 2 rings (SSSR count). The van der Waals surface area contributed by atoms with Gasteiger partial charge in [0.25, 0.3) is 11.8 Å². The molecule has 0 saturated heterocycles. The maximum atomic E-state index is 12.1. The predicted molar refractivity (Wildman–Crippen MR) is 80.4 cm³/mol. The first kappa shape index (κ1) is 15.7. The van der Waals surface area contributed by atoms with Gasteiger partial charge in [0.05, 0.1) is 0 Å². The second kappa shape index (κ2) is 6.84. The van der Waals surface area contributed by atoms with Crippen LogP contribution in [0.15, 0.2) is 24.4 Å². The number of amides is 1. The van der Waals surface area contributed by atoms with E-state index in [2.05, 4.69) is 20.3 Å². The quantitative estimate of drug-likeness (QED) is 0.776. The van der Waals surface area contributed by atoms with Gasteiger partial charge in [-0.05, 0) is 24.5 Å². The number of carbonyl (C=O) groups is 1. The molecule has 2 aromatic rings. The van der Waals surface area contributed by atoms with E-state index in [1.165, 1.54) is 0 Å². The molecule has 7 nitrogen and oxygen atoms in total. The summed E-state index contributed by atoms with van der Waals surface area (Å²) in [6.07, 6.45) is 2.35. The highest BCUT2D eigenvalue weighted by Crippen LogP contribution is 2.27. The molecule has 1 amide bonds. The van der Waals surface area contributed by atoms with Crippen LogP contribution in [0.1, 0.15) is 30.8 Å². The fourth-order valence-electron chi connectivity index (χ4n) is 1.77. The summed E-state index contributed by atoms with van der Waals surface area (Å²) >= 11 is 0. The number of pyridine rings is 1. The van der Waals surface area contributed by atoms with E-state index < -0.39 is 17.5 Å². The second-order valence-corrected chi connectivity index (χ2v) is 5.22. The van der Waals surface area contributed by atoms with Crippen molar-refractivity contribution in [3.63, 3.8) is 0 Å². The molecule has 22 heavy (non-hydrogen) atoms. The van der Waals surface area contributed by atoms with Crippen molar-refractivity contribution < 1.29 is 15.0 Å². The van der Waals surface area contributed by atoms with Crippen molar-refractivity contribution in [1.29, 1.82) is 0 Å². The zero-order chi connectivity index (χ0) is 16.1. The lowest BCUT2D eigenvalue weighted by molar-refractivity contribution is 0.0943. The lowest BCUT2D eigenvalue weighted by Gasteiger charge is -2.09. The normalized spacial score (nSPS) is 10.7. The molecule has 0 unspecified atom stereocenters. The van der Waals surface area contributed by atoms with Gasteiger partial charge in [-0.1, -0.05) is 19.9 Å².